The third kappa shape index (κ3) is 4.15. The summed E-state index contributed by atoms with van der Waals surface area (Å²) in [6.45, 7) is 1.02. The van der Waals surface area contributed by atoms with Crippen LogP contribution in [0.5, 0.6) is 5.75 Å². The minimum absolute atomic E-state index is 0.0733. The van der Waals surface area contributed by atoms with E-state index in [2.05, 4.69) is 55.9 Å². The van der Waals surface area contributed by atoms with E-state index in [1.165, 1.54) is 12.0 Å². The van der Waals surface area contributed by atoms with E-state index in [-0.39, 0.29) is 9.53 Å². The Bertz CT molecular complexity index is 483. The molecule has 1 fully saturated rings. The summed E-state index contributed by atoms with van der Waals surface area (Å²) in [5.74, 6) is 1.23. The molecule has 3 unspecified atom stereocenters. The fourth-order valence-electron chi connectivity index (χ4n) is 3.46. The van der Waals surface area contributed by atoms with Gasteiger partial charge in [0.05, 0.1) is 50.2 Å². The second kappa shape index (κ2) is 7.05. The highest BCUT2D eigenvalue weighted by molar-refractivity contribution is 14.1. The molecule has 0 aliphatic heterocycles. The van der Waals surface area contributed by atoms with Gasteiger partial charge in [-0.15, -0.1) is 0 Å². The zero-order valence-corrected chi connectivity index (χ0v) is 16.3. The molecule has 1 aromatic rings. The van der Waals surface area contributed by atoms with Crippen LogP contribution in [0.3, 0.4) is 0 Å². The number of quaternary nitrogens is 1. The molecule has 1 aliphatic carbocycles. The Morgan fingerprint density at radius 3 is 2.41 bits per heavy atom. The van der Waals surface area contributed by atoms with Gasteiger partial charge in [0.2, 0.25) is 0 Å². The largest absolute Gasteiger partial charge is 0.497 e. The Morgan fingerprint density at radius 2 is 1.91 bits per heavy atom. The van der Waals surface area contributed by atoms with Crippen LogP contribution < -0.4 is 4.74 Å². The van der Waals surface area contributed by atoms with Gasteiger partial charge >= 0.3 is 0 Å². The van der Waals surface area contributed by atoms with E-state index in [0.717, 1.165) is 36.0 Å². The molecule has 22 heavy (non-hydrogen) atoms. The maximum atomic E-state index is 10.7. The van der Waals surface area contributed by atoms with Crippen LogP contribution in [0.25, 0.3) is 0 Å². The Labute approximate surface area is 148 Å². The van der Waals surface area contributed by atoms with Crippen molar-refractivity contribution in [3.8, 4) is 5.75 Å². The van der Waals surface area contributed by atoms with E-state index in [0.29, 0.717) is 5.92 Å². The molecule has 2 rings (SSSR count). The highest BCUT2D eigenvalue weighted by atomic mass is 127. The summed E-state index contributed by atoms with van der Waals surface area (Å²) in [5, 5.41) is 10.7. The van der Waals surface area contributed by atoms with Crippen LogP contribution in [0.2, 0.25) is 0 Å². The molecule has 0 bridgehead atoms. The van der Waals surface area contributed by atoms with Crippen LogP contribution >= 0.6 is 22.6 Å². The van der Waals surface area contributed by atoms with Gasteiger partial charge in [-0.3, -0.25) is 0 Å². The van der Waals surface area contributed by atoms with Gasteiger partial charge in [0, 0.05) is 0 Å². The summed E-state index contributed by atoms with van der Waals surface area (Å²) in [7, 11) is 8.38. The number of likely N-dealkylation sites (N-methyl/N-ethyl adjacent to an activating group) is 1. The number of alkyl halides is 1. The highest BCUT2D eigenvalue weighted by Gasteiger charge is 2.46. The molecule has 0 amide bonds. The number of benzene rings is 1. The van der Waals surface area contributed by atoms with Crippen LogP contribution in [-0.2, 0) is 0 Å². The average Bonchev–Trinajstić information content (AvgIpc) is 2.47. The van der Waals surface area contributed by atoms with Crippen LogP contribution in [0, 0.1) is 0 Å². The first-order valence-electron chi connectivity index (χ1n) is 8.07. The number of halogens is 1. The van der Waals surface area contributed by atoms with Gasteiger partial charge in [-0.25, -0.2) is 0 Å². The second-order valence-corrected chi connectivity index (χ2v) is 9.50. The number of aliphatic hydroxyl groups excluding tert-OH is 1. The Kier molecular flexibility index (Phi) is 5.78. The number of rotatable bonds is 5. The average molecular weight is 418 g/mol. The summed E-state index contributed by atoms with van der Waals surface area (Å²) >= 11 is 2.55. The first-order valence-corrected chi connectivity index (χ1v) is 9.15. The Balaban J connectivity index is 2.36. The molecule has 3 atom stereocenters. The zero-order valence-electron chi connectivity index (χ0n) is 14.2. The number of hydrogen-bond acceptors (Lipinski definition) is 2. The molecule has 4 heteroatoms. The zero-order chi connectivity index (χ0) is 16.4. The molecule has 0 spiro atoms. The van der Waals surface area contributed by atoms with Crippen molar-refractivity contribution < 1.29 is 14.3 Å². The number of nitrogens with zero attached hydrogens (tertiary/aromatic N) is 1. The monoisotopic (exact) mass is 418 g/mol. The Hall–Kier alpha value is -0.330. The summed E-state index contributed by atoms with van der Waals surface area (Å²) in [6, 6.07) is 8.40. The molecule has 1 aromatic carbocycles. The smallest absolute Gasteiger partial charge is 0.118 e. The molecule has 3 nitrogen and oxygen atoms in total. The molecule has 0 saturated heterocycles. The molecule has 1 saturated carbocycles. The van der Waals surface area contributed by atoms with Crippen molar-refractivity contribution in [1.29, 1.82) is 0 Å². The highest BCUT2D eigenvalue weighted by Crippen LogP contribution is 2.47. The number of hydrogen-bond donors (Lipinski definition) is 1. The Morgan fingerprint density at radius 1 is 1.27 bits per heavy atom. The first kappa shape index (κ1) is 18.0. The molecule has 0 aromatic heterocycles. The third-order valence-electron chi connectivity index (χ3n) is 4.67. The summed E-state index contributed by atoms with van der Waals surface area (Å²) in [6.07, 6.45) is 4.15. The number of methoxy groups -OCH3 is 1. The van der Waals surface area contributed by atoms with Crippen LogP contribution in [-0.4, -0.2) is 53.9 Å². The van der Waals surface area contributed by atoms with Gasteiger partial charge in [0.1, 0.15) is 5.75 Å². The molecule has 1 aliphatic rings. The van der Waals surface area contributed by atoms with Crippen molar-refractivity contribution in [3.63, 3.8) is 0 Å². The van der Waals surface area contributed by atoms with Crippen LogP contribution in [0.15, 0.2) is 24.3 Å². The fraction of sp³-hybridized carbons (Fsp3) is 0.667. The van der Waals surface area contributed by atoms with Gasteiger partial charge in [-0.1, -0.05) is 47.6 Å². The van der Waals surface area contributed by atoms with Crippen molar-refractivity contribution in [2.45, 2.75) is 41.1 Å². The number of aliphatic hydroxyl groups is 1. The minimum Gasteiger partial charge on any atom is -0.497 e. The van der Waals surface area contributed by atoms with E-state index in [9.17, 15) is 5.11 Å². The predicted octanol–water partition coefficient (Wildman–Crippen LogP) is 3.59. The number of ether oxygens (including phenoxy) is 1. The summed E-state index contributed by atoms with van der Waals surface area (Å²) < 4.78 is 6.11. The van der Waals surface area contributed by atoms with E-state index in [1.54, 1.807) is 7.11 Å². The van der Waals surface area contributed by atoms with Crippen molar-refractivity contribution in [2.75, 3.05) is 34.8 Å². The molecular weight excluding hydrogens is 389 g/mol. The lowest BCUT2D eigenvalue weighted by Gasteiger charge is -2.45. The van der Waals surface area contributed by atoms with Gasteiger partial charge in [0.25, 0.3) is 0 Å². The standard InChI is InChI=1S/C18H29INO2/c1-20(2,3)13-16(14-8-10-15(22-4)11-9-14)18(19)12-6-5-7-17(18)21/h8-11,16-17,21H,5-7,12-13H2,1-4H3/q+1. The molecule has 124 valence electrons. The molecule has 0 heterocycles. The van der Waals surface area contributed by atoms with E-state index >= 15 is 0 Å². The van der Waals surface area contributed by atoms with Crippen LogP contribution in [0.1, 0.15) is 37.2 Å². The lowest BCUT2D eigenvalue weighted by molar-refractivity contribution is -0.872. The molecule has 0 radical (unpaired) electrons. The van der Waals surface area contributed by atoms with Crippen molar-refractivity contribution in [2.24, 2.45) is 0 Å². The van der Waals surface area contributed by atoms with Crippen molar-refractivity contribution in [3.05, 3.63) is 29.8 Å². The third-order valence-corrected chi connectivity index (χ3v) is 6.68. The van der Waals surface area contributed by atoms with E-state index in [4.69, 9.17) is 4.74 Å². The minimum atomic E-state index is -0.222. The predicted molar refractivity (Wildman–Crippen MR) is 99.9 cm³/mol. The quantitative estimate of drug-likeness (QED) is 0.450. The van der Waals surface area contributed by atoms with Gasteiger partial charge < -0.3 is 14.3 Å². The normalized spacial score (nSPS) is 27.5. The lowest BCUT2D eigenvalue weighted by Crippen LogP contribution is -2.51. The SMILES string of the molecule is COc1ccc(C(C[N+](C)(C)C)C2(I)CCCCC2O)cc1. The molecule has 1 N–H and O–H groups in total. The fourth-order valence-corrected chi connectivity index (χ4v) is 4.71. The lowest BCUT2D eigenvalue weighted by atomic mass is 9.74. The van der Waals surface area contributed by atoms with E-state index in [1.807, 2.05) is 12.1 Å². The maximum Gasteiger partial charge on any atom is 0.118 e. The first-order chi connectivity index (χ1) is 10.3. The maximum absolute atomic E-state index is 10.7. The second-order valence-electron chi connectivity index (χ2n) is 7.49. The van der Waals surface area contributed by atoms with Gasteiger partial charge in [0.15, 0.2) is 0 Å². The van der Waals surface area contributed by atoms with Gasteiger partial charge in [-0.2, -0.15) is 0 Å². The summed E-state index contributed by atoms with van der Waals surface area (Å²) in [5.41, 5.74) is 1.31. The van der Waals surface area contributed by atoms with E-state index < -0.39 is 0 Å². The van der Waals surface area contributed by atoms with Crippen LogP contribution in [0.4, 0.5) is 0 Å². The summed E-state index contributed by atoms with van der Waals surface area (Å²) in [4.78, 5) is 0. The molecular formula is C18H29INO2+. The van der Waals surface area contributed by atoms with Gasteiger partial charge in [-0.05, 0) is 30.5 Å². The van der Waals surface area contributed by atoms with Crippen molar-refractivity contribution >= 4 is 22.6 Å². The topological polar surface area (TPSA) is 29.5 Å². The van der Waals surface area contributed by atoms with Crippen molar-refractivity contribution in [1.82, 2.24) is 0 Å².